The second-order valence-electron chi connectivity index (χ2n) is 6.77. The van der Waals surface area contributed by atoms with Crippen LogP contribution in [-0.2, 0) is 11.3 Å². The minimum absolute atomic E-state index is 0.229. The van der Waals surface area contributed by atoms with Crippen molar-refractivity contribution in [3.05, 3.63) is 98.3 Å². The molecule has 0 unspecified atom stereocenters. The van der Waals surface area contributed by atoms with Gasteiger partial charge in [-0.3, -0.25) is 4.79 Å². The molecule has 2 heterocycles. The smallest absolute Gasteiger partial charge is 0.363 e. The van der Waals surface area contributed by atoms with Gasteiger partial charge in [0, 0.05) is 34.8 Å². The summed E-state index contributed by atoms with van der Waals surface area (Å²) in [4.78, 5) is 36.9. The Kier molecular flexibility index (Phi) is 5.36. The molecule has 0 amide bonds. The van der Waals surface area contributed by atoms with Gasteiger partial charge in [0.15, 0.2) is 0 Å². The summed E-state index contributed by atoms with van der Waals surface area (Å²) in [6.07, 6.45) is 0. The number of nitrogens with zero attached hydrogens (tertiary/aromatic N) is 2. The van der Waals surface area contributed by atoms with Crippen LogP contribution in [0.4, 0.5) is 0 Å². The molecule has 0 aliphatic carbocycles. The molecule has 0 aliphatic heterocycles. The summed E-state index contributed by atoms with van der Waals surface area (Å²) in [5.41, 5.74) is 0.547. The van der Waals surface area contributed by atoms with Crippen molar-refractivity contribution < 1.29 is 18.7 Å². The maximum atomic E-state index is 12.6. The molecule has 0 fully saturated rings. The molecule has 2 aromatic heterocycles. The highest BCUT2D eigenvalue weighted by atomic mass is 16.5. The van der Waals surface area contributed by atoms with Gasteiger partial charge >= 0.3 is 11.6 Å². The van der Waals surface area contributed by atoms with E-state index < -0.39 is 17.0 Å². The molecule has 0 bridgehead atoms. The monoisotopic (exact) mass is 418 g/mol. The van der Waals surface area contributed by atoms with E-state index in [9.17, 15) is 14.4 Å². The fraction of sp³-hybridized carbons (Fsp3) is 0.130. The minimum atomic E-state index is -0.885. The SMILES string of the molecule is COc1ccc2c(COC(=O)c3nn(-c4ccccc4)c(C)cc3=O)cc(=O)oc2c1. The number of benzene rings is 2. The van der Waals surface area contributed by atoms with Crippen LogP contribution in [0.1, 0.15) is 21.7 Å². The Bertz CT molecular complexity index is 1390. The van der Waals surface area contributed by atoms with Gasteiger partial charge in [-0.05, 0) is 31.2 Å². The van der Waals surface area contributed by atoms with Crippen LogP contribution in [0.2, 0.25) is 0 Å². The average Bonchev–Trinajstić information content (AvgIpc) is 2.77. The molecule has 4 rings (SSSR count). The first kappa shape index (κ1) is 20.1. The van der Waals surface area contributed by atoms with Gasteiger partial charge in [-0.25, -0.2) is 14.3 Å². The van der Waals surface area contributed by atoms with Gasteiger partial charge in [0.25, 0.3) is 0 Å². The average molecular weight is 418 g/mol. The van der Waals surface area contributed by atoms with Gasteiger partial charge in [0.05, 0.1) is 12.8 Å². The number of methoxy groups -OCH3 is 1. The molecule has 4 aromatic rings. The molecule has 0 spiro atoms. The van der Waals surface area contributed by atoms with Crippen LogP contribution in [0.5, 0.6) is 5.75 Å². The van der Waals surface area contributed by atoms with Crippen molar-refractivity contribution in [2.24, 2.45) is 0 Å². The molecule has 0 N–H and O–H groups in total. The second kappa shape index (κ2) is 8.27. The largest absolute Gasteiger partial charge is 0.497 e. The highest BCUT2D eigenvalue weighted by molar-refractivity contribution is 5.87. The van der Waals surface area contributed by atoms with Crippen LogP contribution >= 0.6 is 0 Å². The Hall–Kier alpha value is -4.20. The Balaban J connectivity index is 1.64. The third-order valence-corrected chi connectivity index (χ3v) is 4.70. The third-order valence-electron chi connectivity index (χ3n) is 4.70. The molecule has 0 radical (unpaired) electrons. The van der Waals surface area contributed by atoms with Crippen molar-refractivity contribution in [1.29, 1.82) is 0 Å². The van der Waals surface area contributed by atoms with Crippen LogP contribution in [0.3, 0.4) is 0 Å². The summed E-state index contributed by atoms with van der Waals surface area (Å²) in [5, 5.41) is 4.78. The lowest BCUT2D eigenvalue weighted by Gasteiger charge is -2.11. The Labute approximate surface area is 176 Å². The van der Waals surface area contributed by atoms with Gasteiger partial charge in [-0.15, -0.1) is 0 Å². The van der Waals surface area contributed by atoms with Crippen LogP contribution in [0, 0.1) is 6.92 Å². The predicted molar refractivity (Wildman–Crippen MR) is 113 cm³/mol. The summed E-state index contributed by atoms with van der Waals surface area (Å²) in [6.45, 7) is 1.49. The van der Waals surface area contributed by atoms with E-state index in [4.69, 9.17) is 13.9 Å². The lowest BCUT2D eigenvalue weighted by molar-refractivity contribution is 0.0463. The number of fused-ring (bicyclic) bond motifs is 1. The van der Waals surface area contributed by atoms with Crippen molar-refractivity contribution in [2.75, 3.05) is 7.11 Å². The van der Waals surface area contributed by atoms with Crippen molar-refractivity contribution in [1.82, 2.24) is 9.78 Å². The number of esters is 1. The maximum Gasteiger partial charge on any atom is 0.363 e. The Morgan fingerprint density at radius 1 is 1.06 bits per heavy atom. The van der Waals surface area contributed by atoms with Crippen LogP contribution < -0.4 is 15.8 Å². The summed E-state index contributed by atoms with van der Waals surface area (Å²) in [6, 6.07) is 16.7. The molecule has 0 atom stereocenters. The van der Waals surface area contributed by atoms with E-state index in [0.29, 0.717) is 33.7 Å². The first-order valence-corrected chi connectivity index (χ1v) is 9.40. The molecule has 156 valence electrons. The van der Waals surface area contributed by atoms with Crippen molar-refractivity contribution in [2.45, 2.75) is 13.5 Å². The van der Waals surface area contributed by atoms with Gasteiger partial charge in [-0.2, -0.15) is 5.10 Å². The number of aromatic nitrogens is 2. The predicted octanol–water partition coefficient (Wildman–Crippen LogP) is 3.01. The molecule has 2 aromatic carbocycles. The topological polar surface area (TPSA) is 101 Å². The van der Waals surface area contributed by atoms with E-state index in [2.05, 4.69) is 5.10 Å². The quantitative estimate of drug-likeness (QED) is 0.363. The zero-order chi connectivity index (χ0) is 22.0. The highest BCUT2D eigenvalue weighted by Gasteiger charge is 2.18. The van der Waals surface area contributed by atoms with Crippen molar-refractivity contribution in [3.8, 4) is 11.4 Å². The molecule has 0 saturated heterocycles. The zero-order valence-electron chi connectivity index (χ0n) is 16.8. The number of ether oxygens (including phenoxy) is 2. The van der Waals surface area contributed by atoms with Gasteiger partial charge in [-0.1, -0.05) is 18.2 Å². The van der Waals surface area contributed by atoms with Gasteiger partial charge < -0.3 is 13.9 Å². The zero-order valence-corrected chi connectivity index (χ0v) is 16.8. The number of aryl methyl sites for hydroxylation is 1. The summed E-state index contributed by atoms with van der Waals surface area (Å²) in [7, 11) is 1.50. The maximum absolute atomic E-state index is 12.6. The van der Waals surface area contributed by atoms with E-state index >= 15 is 0 Å². The number of para-hydroxylation sites is 1. The number of carbonyl (C=O) groups excluding carboxylic acids is 1. The molecular weight excluding hydrogens is 400 g/mol. The number of hydrogen-bond donors (Lipinski definition) is 0. The fourth-order valence-corrected chi connectivity index (χ4v) is 3.19. The minimum Gasteiger partial charge on any atom is -0.497 e. The normalized spacial score (nSPS) is 10.8. The summed E-state index contributed by atoms with van der Waals surface area (Å²) in [5.74, 6) is -0.361. The van der Waals surface area contributed by atoms with E-state index in [1.54, 1.807) is 25.1 Å². The summed E-state index contributed by atoms with van der Waals surface area (Å²) < 4.78 is 17.1. The van der Waals surface area contributed by atoms with Gasteiger partial charge in [0.2, 0.25) is 11.1 Å². The van der Waals surface area contributed by atoms with Crippen molar-refractivity contribution in [3.63, 3.8) is 0 Å². The van der Waals surface area contributed by atoms with Gasteiger partial charge in [0.1, 0.15) is 17.9 Å². The summed E-state index contributed by atoms with van der Waals surface area (Å²) >= 11 is 0. The van der Waals surface area contributed by atoms with Crippen LogP contribution in [0.15, 0.2) is 74.7 Å². The molecule has 8 nitrogen and oxygen atoms in total. The van der Waals surface area contributed by atoms with Crippen molar-refractivity contribution >= 4 is 16.9 Å². The number of rotatable bonds is 5. The van der Waals surface area contributed by atoms with E-state index in [1.807, 2.05) is 30.3 Å². The molecule has 0 saturated carbocycles. The van der Waals surface area contributed by atoms with Crippen LogP contribution in [-0.4, -0.2) is 22.9 Å². The van der Waals surface area contributed by atoms with E-state index in [0.717, 1.165) is 0 Å². The Morgan fingerprint density at radius 3 is 2.58 bits per heavy atom. The molecule has 31 heavy (non-hydrogen) atoms. The lowest BCUT2D eigenvalue weighted by atomic mass is 10.1. The van der Waals surface area contributed by atoms with Crippen LogP contribution in [0.25, 0.3) is 16.7 Å². The third kappa shape index (κ3) is 4.09. The molecular formula is C23H18N2O6. The second-order valence-corrected chi connectivity index (χ2v) is 6.77. The fourth-order valence-electron chi connectivity index (χ4n) is 3.19. The standard InChI is InChI=1S/C23H18N2O6/c1-14-10-19(26)22(24-25(14)16-6-4-3-5-7-16)23(28)30-13-15-11-21(27)31-20-12-17(29-2)8-9-18(15)20/h3-12H,13H2,1-2H3. The number of hydrogen-bond acceptors (Lipinski definition) is 7. The lowest BCUT2D eigenvalue weighted by Crippen LogP contribution is -2.24. The van der Waals surface area contributed by atoms with E-state index in [-0.39, 0.29) is 12.3 Å². The molecule has 0 aliphatic rings. The highest BCUT2D eigenvalue weighted by Crippen LogP contribution is 2.23. The first-order chi connectivity index (χ1) is 15.0. The molecule has 8 heteroatoms. The Morgan fingerprint density at radius 2 is 1.84 bits per heavy atom. The number of carbonyl (C=O) groups is 1. The first-order valence-electron chi connectivity index (χ1n) is 9.40. The van der Waals surface area contributed by atoms with E-state index in [1.165, 1.54) is 23.9 Å².